The average Bonchev–Trinajstić information content (AvgIpc) is 2.97. The number of fused-ring (bicyclic) bond motifs is 1. The van der Waals surface area contributed by atoms with Crippen molar-refractivity contribution >= 4 is 51.7 Å². The first-order valence-electron chi connectivity index (χ1n) is 5.90. The molecule has 1 N–H and O–H groups in total. The first-order chi connectivity index (χ1) is 9.58. The van der Waals surface area contributed by atoms with Crippen LogP contribution in [0.3, 0.4) is 0 Å². The van der Waals surface area contributed by atoms with Gasteiger partial charge in [-0.25, -0.2) is 0 Å². The molecule has 3 rings (SSSR count). The van der Waals surface area contributed by atoms with E-state index < -0.39 is 0 Å². The quantitative estimate of drug-likeness (QED) is 0.797. The van der Waals surface area contributed by atoms with Crippen molar-refractivity contribution in [3.05, 3.63) is 33.6 Å². The van der Waals surface area contributed by atoms with Gasteiger partial charge in [0.2, 0.25) is 0 Å². The largest absolute Gasteiger partial charge is 0.378 e. The number of benzene rings is 1. The first-order valence-corrected chi connectivity index (χ1v) is 7.39. The summed E-state index contributed by atoms with van der Waals surface area (Å²) in [6, 6.07) is 3.67. The van der Waals surface area contributed by atoms with Gasteiger partial charge in [0.05, 0.1) is 28.1 Å². The summed E-state index contributed by atoms with van der Waals surface area (Å²) >= 11 is 13.6. The van der Waals surface area contributed by atoms with Gasteiger partial charge < -0.3 is 5.32 Å². The molecule has 1 aromatic carbocycles. The molecule has 2 aromatic heterocycles. The van der Waals surface area contributed by atoms with E-state index in [2.05, 4.69) is 19.2 Å². The molecule has 0 atom stereocenters. The van der Waals surface area contributed by atoms with E-state index in [9.17, 15) is 0 Å². The lowest BCUT2D eigenvalue weighted by molar-refractivity contribution is 0.757. The molecule has 0 amide bonds. The van der Waals surface area contributed by atoms with Gasteiger partial charge in [-0.2, -0.15) is 13.8 Å². The van der Waals surface area contributed by atoms with E-state index in [4.69, 9.17) is 23.2 Å². The van der Waals surface area contributed by atoms with Crippen molar-refractivity contribution in [3.8, 4) is 0 Å². The van der Waals surface area contributed by atoms with Crippen molar-refractivity contribution in [1.82, 2.24) is 18.5 Å². The Morgan fingerprint density at radius 3 is 2.80 bits per heavy atom. The third-order valence-electron chi connectivity index (χ3n) is 3.09. The smallest absolute Gasteiger partial charge is 0.131 e. The molecule has 8 heteroatoms. The molecule has 0 aliphatic heterocycles. The van der Waals surface area contributed by atoms with E-state index in [1.54, 1.807) is 4.68 Å². The van der Waals surface area contributed by atoms with Gasteiger partial charge in [0.15, 0.2) is 0 Å². The maximum Gasteiger partial charge on any atom is 0.131 e. The molecule has 0 saturated heterocycles. The van der Waals surface area contributed by atoms with Crippen LogP contribution in [0.2, 0.25) is 10.2 Å². The Balaban J connectivity index is 1.94. The summed E-state index contributed by atoms with van der Waals surface area (Å²) in [6.07, 6.45) is 0. The van der Waals surface area contributed by atoms with Crippen LogP contribution in [-0.2, 0) is 13.6 Å². The lowest BCUT2D eigenvalue weighted by Gasteiger charge is -2.08. The molecule has 0 spiro atoms. The molecule has 0 saturated carbocycles. The molecular weight excluding hydrogens is 317 g/mol. The second kappa shape index (κ2) is 5.20. The number of halogens is 2. The van der Waals surface area contributed by atoms with Crippen LogP contribution in [-0.4, -0.2) is 18.5 Å². The van der Waals surface area contributed by atoms with Crippen LogP contribution in [0.1, 0.15) is 11.3 Å². The molecule has 20 heavy (non-hydrogen) atoms. The molecule has 2 heterocycles. The van der Waals surface area contributed by atoms with Crippen LogP contribution in [0.25, 0.3) is 11.0 Å². The highest BCUT2D eigenvalue weighted by Gasteiger charge is 2.14. The topological polar surface area (TPSA) is 55.6 Å². The Morgan fingerprint density at radius 1 is 1.30 bits per heavy atom. The summed E-state index contributed by atoms with van der Waals surface area (Å²) < 4.78 is 10.1. The normalized spacial score (nSPS) is 11.2. The minimum atomic E-state index is 0.537. The summed E-state index contributed by atoms with van der Waals surface area (Å²) in [5.74, 6) is 0. The van der Waals surface area contributed by atoms with E-state index in [1.165, 1.54) is 11.7 Å². The van der Waals surface area contributed by atoms with Crippen molar-refractivity contribution in [2.75, 3.05) is 5.32 Å². The molecule has 0 aliphatic rings. The zero-order valence-corrected chi connectivity index (χ0v) is 13.1. The summed E-state index contributed by atoms with van der Waals surface area (Å²) in [7, 11) is 1.82. The highest BCUT2D eigenvalue weighted by molar-refractivity contribution is 7.00. The van der Waals surface area contributed by atoms with Crippen LogP contribution >= 0.6 is 34.9 Å². The second-order valence-electron chi connectivity index (χ2n) is 4.39. The zero-order valence-electron chi connectivity index (χ0n) is 10.8. The molecule has 3 aromatic rings. The average molecular weight is 328 g/mol. The van der Waals surface area contributed by atoms with Gasteiger partial charge in [0.1, 0.15) is 16.2 Å². The Labute approximate surface area is 129 Å². The summed E-state index contributed by atoms with van der Waals surface area (Å²) in [5.41, 5.74) is 4.23. The van der Waals surface area contributed by atoms with Crippen LogP contribution in [0.15, 0.2) is 12.1 Å². The van der Waals surface area contributed by atoms with Crippen LogP contribution < -0.4 is 5.32 Å². The van der Waals surface area contributed by atoms with E-state index in [-0.39, 0.29) is 0 Å². The Kier molecular flexibility index (Phi) is 3.54. The number of hydrogen-bond acceptors (Lipinski definition) is 5. The highest BCUT2D eigenvalue weighted by Crippen LogP contribution is 2.31. The third kappa shape index (κ3) is 2.24. The van der Waals surface area contributed by atoms with Gasteiger partial charge in [-0.3, -0.25) is 4.68 Å². The molecule has 0 fully saturated rings. The molecule has 104 valence electrons. The second-order valence-corrected chi connectivity index (χ2v) is 5.68. The Hall–Kier alpha value is -1.37. The number of anilines is 1. The van der Waals surface area contributed by atoms with E-state index in [0.717, 1.165) is 28.0 Å². The molecular formula is C12H11Cl2N5S. The van der Waals surface area contributed by atoms with Crippen molar-refractivity contribution in [2.45, 2.75) is 13.5 Å². The summed E-state index contributed by atoms with van der Waals surface area (Å²) in [4.78, 5) is 0. The SMILES string of the molecule is Cc1nn(C)c(Cl)c1CNc1c(Cl)ccc2nsnc12. The fourth-order valence-corrected chi connectivity index (χ4v) is 3.05. The van der Waals surface area contributed by atoms with Gasteiger partial charge in [0, 0.05) is 19.2 Å². The van der Waals surface area contributed by atoms with Gasteiger partial charge in [-0.15, -0.1) is 0 Å². The van der Waals surface area contributed by atoms with Crippen LogP contribution in [0.5, 0.6) is 0 Å². The standard InChI is InChI=1S/C12H11Cl2N5S/c1-6-7(12(14)19(2)16-6)5-15-10-8(13)3-4-9-11(10)18-20-17-9/h3-4,15H,5H2,1-2H3. The molecule has 0 bridgehead atoms. The molecule has 0 unspecified atom stereocenters. The van der Waals surface area contributed by atoms with Crippen molar-refractivity contribution in [1.29, 1.82) is 0 Å². The van der Waals surface area contributed by atoms with Gasteiger partial charge >= 0.3 is 0 Å². The van der Waals surface area contributed by atoms with E-state index >= 15 is 0 Å². The highest BCUT2D eigenvalue weighted by atomic mass is 35.5. The number of rotatable bonds is 3. The van der Waals surface area contributed by atoms with Gasteiger partial charge in [-0.05, 0) is 19.1 Å². The van der Waals surface area contributed by atoms with E-state index in [0.29, 0.717) is 16.7 Å². The van der Waals surface area contributed by atoms with Crippen molar-refractivity contribution in [3.63, 3.8) is 0 Å². The monoisotopic (exact) mass is 327 g/mol. The maximum atomic E-state index is 6.23. The Bertz CT molecular complexity index is 780. The maximum absolute atomic E-state index is 6.23. The molecule has 5 nitrogen and oxygen atoms in total. The van der Waals surface area contributed by atoms with Crippen LogP contribution in [0.4, 0.5) is 5.69 Å². The number of nitrogens with one attached hydrogen (secondary N) is 1. The zero-order chi connectivity index (χ0) is 14.3. The van der Waals surface area contributed by atoms with Gasteiger partial charge in [-0.1, -0.05) is 23.2 Å². The minimum Gasteiger partial charge on any atom is -0.378 e. The number of aryl methyl sites for hydroxylation is 2. The third-order valence-corrected chi connectivity index (χ3v) is 4.42. The van der Waals surface area contributed by atoms with Gasteiger partial charge in [0.25, 0.3) is 0 Å². The lowest BCUT2D eigenvalue weighted by atomic mass is 10.2. The predicted octanol–water partition coefficient (Wildman–Crippen LogP) is 3.65. The van der Waals surface area contributed by atoms with Crippen LogP contribution in [0, 0.1) is 6.92 Å². The summed E-state index contributed by atoms with van der Waals surface area (Å²) in [6.45, 7) is 2.46. The van der Waals surface area contributed by atoms with Crippen molar-refractivity contribution < 1.29 is 0 Å². The predicted molar refractivity (Wildman–Crippen MR) is 82.7 cm³/mol. The number of hydrogen-bond donors (Lipinski definition) is 1. The minimum absolute atomic E-state index is 0.537. The first kappa shape index (κ1) is 13.6. The molecule has 0 radical (unpaired) electrons. The fourth-order valence-electron chi connectivity index (χ4n) is 2.05. The molecule has 0 aliphatic carbocycles. The fraction of sp³-hybridized carbons (Fsp3) is 0.250. The van der Waals surface area contributed by atoms with Crippen molar-refractivity contribution in [2.24, 2.45) is 7.05 Å². The van der Waals surface area contributed by atoms with E-state index in [1.807, 2.05) is 26.1 Å². The summed E-state index contributed by atoms with van der Waals surface area (Å²) in [5, 5.41) is 8.81. The Morgan fingerprint density at radius 2 is 2.10 bits per heavy atom. The lowest BCUT2D eigenvalue weighted by Crippen LogP contribution is -2.02. The number of nitrogens with zero attached hydrogens (tertiary/aromatic N) is 4. The number of aromatic nitrogens is 4.